The Bertz CT molecular complexity index is 439. The van der Waals surface area contributed by atoms with Crippen LogP contribution in [0.25, 0.3) is 0 Å². The monoisotopic (exact) mass is 333 g/mol. The third-order valence-corrected chi connectivity index (χ3v) is 4.38. The maximum Gasteiger partial charge on any atom is 0.111 e. The average molecular weight is 333 g/mol. The maximum absolute atomic E-state index is 10.0. The summed E-state index contributed by atoms with van der Waals surface area (Å²) in [5, 5.41) is 80.2. The third kappa shape index (κ3) is 3.48. The molecule has 0 radical (unpaired) electrons. The predicted molar refractivity (Wildman–Crippen MR) is 77.1 cm³/mol. The molecule has 2 rings (SSSR count). The summed E-state index contributed by atoms with van der Waals surface area (Å²) in [7, 11) is 0. The highest BCUT2D eigenvalue weighted by atomic mass is 16.4. The zero-order valence-electron chi connectivity index (χ0n) is 12.3. The van der Waals surface area contributed by atoms with E-state index in [2.05, 4.69) is 5.32 Å². The average Bonchev–Trinajstić information content (AvgIpc) is 2.55. The molecule has 9 nitrogen and oxygen atoms in total. The minimum absolute atomic E-state index is 0.109. The van der Waals surface area contributed by atoms with Crippen molar-refractivity contribution in [3.63, 3.8) is 0 Å². The zero-order chi connectivity index (χ0) is 17.3. The molecule has 0 unspecified atom stereocenters. The minimum Gasteiger partial charge on any atom is -0.392 e. The molecule has 8 atom stereocenters. The van der Waals surface area contributed by atoms with Gasteiger partial charge in [0.1, 0.15) is 36.6 Å². The van der Waals surface area contributed by atoms with Crippen molar-refractivity contribution >= 4 is 0 Å². The fraction of sp³-hybridized carbons (Fsp3) is 0.714. The van der Waals surface area contributed by atoms with Crippen LogP contribution in [0.15, 0.2) is 23.3 Å². The van der Waals surface area contributed by atoms with Gasteiger partial charge in [-0.25, -0.2) is 0 Å². The third-order valence-electron chi connectivity index (χ3n) is 4.38. The Kier molecular flexibility index (Phi) is 5.89. The summed E-state index contributed by atoms with van der Waals surface area (Å²) in [6, 6.07) is -1.84. The number of hydrogen-bond acceptors (Lipinski definition) is 9. The summed E-state index contributed by atoms with van der Waals surface area (Å²) in [6.07, 6.45) is -6.03. The molecule has 0 fully saturated rings. The van der Waals surface area contributed by atoms with Crippen molar-refractivity contribution < 1.29 is 40.9 Å². The lowest BCUT2D eigenvalue weighted by Crippen LogP contribution is -2.61. The Morgan fingerprint density at radius 3 is 1.30 bits per heavy atom. The second kappa shape index (κ2) is 7.34. The Hall–Kier alpha value is -0.880. The Morgan fingerprint density at radius 2 is 1.00 bits per heavy atom. The van der Waals surface area contributed by atoms with Crippen LogP contribution in [-0.4, -0.2) is 103 Å². The van der Waals surface area contributed by atoms with E-state index in [1.807, 2.05) is 0 Å². The van der Waals surface area contributed by atoms with E-state index in [0.29, 0.717) is 0 Å². The zero-order valence-corrected chi connectivity index (χ0v) is 12.3. The lowest BCUT2D eigenvalue weighted by Gasteiger charge is -2.40. The summed E-state index contributed by atoms with van der Waals surface area (Å²) >= 11 is 0. The van der Waals surface area contributed by atoms with Gasteiger partial charge in [-0.2, -0.15) is 0 Å². The van der Waals surface area contributed by atoms with Crippen molar-refractivity contribution in [1.82, 2.24) is 5.32 Å². The van der Waals surface area contributed by atoms with Crippen LogP contribution >= 0.6 is 0 Å². The molecule has 0 heterocycles. The molecule has 0 bridgehead atoms. The standard InChI is InChI=1S/C14H23NO8/c16-3-5-1-7(11(20)13(22)9(5)18)15-8-2-6(4-17)10(19)14(23)12(8)21/h1-2,7-23H,3-4H2/t7-,8-,9+,10+,11+,12+,13-,14-/m0/s1. The van der Waals surface area contributed by atoms with E-state index in [0.717, 1.165) is 0 Å². The van der Waals surface area contributed by atoms with Crippen LogP contribution in [0.1, 0.15) is 0 Å². The first-order valence-corrected chi connectivity index (χ1v) is 7.29. The first kappa shape index (κ1) is 18.5. The largest absolute Gasteiger partial charge is 0.392 e. The molecule has 0 saturated carbocycles. The van der Waals surface area contributed by atoms with Crippen molar-refractivity contribution in [1.29, 1.82) is 0 Å². The van der Waals surface area contributed by atoms with Gasteiger partial charge in [-0.3, -0.25) is 5.32 Å². The summed E-state index contributed by atoms with van der Waals surface area (Å²) < 4.78 is 0. The molecule has 2 aliphatic rings. The van der Waals surface area contributed by atoms with Gasteiger partial charge in [0, 0.05) is 0 Å². The molecular weight excluding hydrogens is 310 g/mol. The van der Waals surface area contributed by atoms with Crippen LogP contribution in [0, 0.1) is 0 Å². The molecule has 23 heavy (non-hydrogen) atoms. The molecule has 0 aromatic carbocycles. The Labute approximate surface area is 132 Å². The normalized spacial score (nSPS) is 44.7. The fourth-order valence-corrected chi connectivity index (χ4v) is 2.90. The van der Waals surface area contributed by atoms with Crippen molar-refractivity contribution in [2.75, 3.05) is 13.2 Å². The molecule has 9 N–H and O–H groups in total. The smallest absolute Gasteiger partial charge is 0.111 e. The van der Waals surface area contributed by atoms with E-state index < -0.39 is 61.9 Å². The second-order valence-corrected chi connectivity index (χ2v) is 5.87. The SMILES string of the molecule is OCC1=C[C@H](N[C@H]2C=C(CO)[C@@H](O)[C@H](O)[C@@H]2O)[C@@H](O)[C@@H](O)[C@@H]1O. The van der Waals surface area contributed by atoms with Crippen molar-refractivity contribution in [2.45, 2.75) is 48.7 Å². The van der Waals surface area contributed by atoms with Gasteiger partial charge in [-0.05, 0) is 11.1 Å². The van der Waals surface area contributed by atoms with Gasteiger partial charge in [-0.15, -0.1) is 0 Å². The summed E-state index contributed by atoms with van der Waals surface area (Å²) in [6.45, 7) is -1.04. The Balaban J connectivity index is 2.23. The lowest BCUT2D eigenvalue weighted by atomic mass is 9.85. The van der Waals surface area contributed by atoms with Gasteiger partial charge in [0.25, 0.3) is 0 Å². The molecule has 2 aliphatic carbocycles. The molecule has 9 heteroatoms. The minimum atomic E-state index is -1.53. The van der Waals surface area contributed by atoms with Crippen molar-refractivity contribution in [2.24, 2.45) is 0 Å². The predicted octanol–water partition coefficient (Wildman–Crippen LogP) is -4.66. The maximum atomic E-state index is 10.0. The van der Waals surface area contributed by atoms with Crippen molar-refractivity contribution in [3.8, 4) is 0 Å². The molecular formula is C14H23NO8. The van der Waals surface area contributed by atoms with Gasteiger partial charge >= 0.3 is 0 Å². The highest BCUT2D eigenvalue weighted by Crippen LogP contribution is 2.24. The number of aliphatic hydroxyl groups excluding tert-OH is 8. The first-order chi connectivity index (χ1) is 10.8. The van der Waals surface area contributed by atoms with Gasteiger partial charge in [0.15, 0.2) is 0 Å². The second-order valence-electron chi connectivity index (χ2n) is 5.87. The van der Waals surface area contributed by atoms with Crippen LogP contribution < -0.4 is 5.32 Å². The highest BCUT2D eigenvalue weighted by molar-refractivity contribution is 5.25. The fourth-order valence-electron chi connectivity index (χ4n) is 2.90. The highest BCUT2D eigenvalue weighted by Gasteiger charge is 2.41. The number of aliphatic hydroxyl groups is 8. The van der Waals surface area contributed by atoms with Crippen LogP contribution in [-0.2, 0) is 0 Å². The van der Waals surface area contributed by atoms with Crippen LogP contribution in [0.5, 0.6) is 0 Å². The Morgan fingerprint density at radius 1 is 0.652 bits per heavy atom. The van der Waals surface area contributed by atoms with Crippen molar-refractivity contribution in [3.05, 3.63) is 23.3 Å². The quantitative estimate of drug-likeness (QED) is 0.229. The van der Waals surface area contributed by atoms with E-state index in [4.69, 9.17) is 0 Å². The number of nitrogens with one attached hydrogen (secondary N) is 1. The molecule has 0 aliphatic heterocycles. The molecule has 0 amide bonds. The molecule has 0 aromatic rings. The molecule has 0 aromatic heterocycles. The summed E-state index contributed by atoms with van der Waals surface area (Å²) in [4.78, 5) is 0. The van der Waals surface area contributed by atoms with Gasteiger partial charge in [0.2, 0.25) is 0 Å². The van der Waals surface area contributed by atoms with E-state index >= 15 is 0 Å². The van der Waals surface area contributed by atoms with Crippen LogP contribution in [0.2, 0.25) is 0 Å². The molecule has 0 saturated heterocycles. The van der Waals surface area contributed by atoms with Gasteiger partial charge in [-0.1, -0.05) is 12.2 Å². The first-order valence-electron chi connectivity index (χ1n) is 7.29. The van der Waals surface area contributed by atoms with E-state index in [1.165, 1.54) is 12.2 Å². The van der Waals surface area contributed by atoms with Crippen LogP contribution in [0.4, 0.5) is 0 Å². The topological polar surface area (TPSA) is 174 Å². The number of hydrogen-bond donors (Lipinski definition) is 9. The number of rotatable bonds is 4. The summed E-state index contributed by atoms with van der Waals surface area (Å²) in [5.41, 5.74) is 0.218. The molecule has 132 valence electrons. The van der Waals surface area contributed by atoms with Gasteiger partial charge in [0.05, 0.1) is 25.3 Å². The lowest BCUT2D eigenvalue weighted by molar-refractivity contribution is -0.0805. The summed E-state index contributed by atoms with van der Waals surface area (Å²) in [5.74, 6) is 0. The van der Waals surface area contributed by atoms with Crippen LogP contribution in [0.3, 0.4) is 0 Å². The van der Waals surface area contributed by atoms with E-state index in [9.17, 15) is 40.9 Å². The van der Waals surface area contributed by atoms with Gasteiger partial charge < -0.3 is 40.9 Å². The van der Waals surface area contributed by atoms with E-state index in [1.54, 1.807) is 0 Å². The molecule has 0 spiro atoms. The van der Waals surface area contributed by atoms with E-state index in [-0.39, 0.29) is 11.1 Å².